The van der Waals surface area contributed by atoms with Crippen LogP contribution in [0.25, 0.3) is 0 Å². The topological polar surface area (TPSA) is 64.6 Å². The highest BCUT2D eigenvalue weighted by Crippen LogP contribution is 2.60. The minimum atomic E-state index is -3.66. The number of hydrogen-bond acceptors (Lipinski definition) is 4. The normalized spacial score (nSPS) is 31.5. The van der Waals surface area contributed by atoms with Crippen molar-refractivity contribution in [2.24, 2.45) is 17.8 Å². The number of benzene rings is 2. The first kappa shape index (κ1) is 18.6. The summed E-state index contributed by atoms with van der Waals surface area (Å²) >= 11 is 0. The summed E-state index contributed by atoms with van der Waals surface area (Å²) in [5.74, 6) is 3.83. The summed E-state index contributed by atoms with van der Waals surface area (Å²) < 4.78 is 39.6. The third-order valence-electron chi connectivity index (χ3n) is 7.61. The molecule has 0 spiro atoms. The number of nitrogens with one attached hydrogen (secondary N) is 1. The van der Waals surface area contributed by atoms with Crippen molar-refractivity contribution in [3.8, 4) is 11.5 Å². The lowest BCUT2D eigenvalue weighted by molar-refractivity contribution is -0.00521. The van der Waals surface area contributed by atoms with Gasteiger partial charge in [0.2, 0.25) is 0 Å². The molecule has 7 rings (SSSR count). The molecule has 4 fully saturated rings. The summed E-state index contributed by atoms with van der Waals surface area (Å²) in [6, 6.07) is 12.8. The van der Waals surface area contributed by atoms with Gasteiger partial charge >= 0.3 is 0 Å². The first-order valence-electron chi connectivity index (χ1n) is 11.0. The molecule has 0 aromatic heterocycles. The van der Waals surface area contributed by atoms with E-state index in [1.54, 1.807) is 30.3 Å². The Morgan fingerprint density at radius 2 is 1.40 bits per heavy atom. The monoisotopic (exact) mass is 425 g/mol. The third-order valence-corrected chi connectivity index (χ3v) is 9.01. The maximum atomic E-state index is 12.9. The van der Waals surface area contributed by atoms with E-state index >= 15 is 0 Å². The van der Waals surface area contributed by atoms with Gasteiger partial charge in [0.05, 0.1) is 10.6 Å². The Balaban J connectivity index is 1.24. The second-order valence-electron chi connectivity index (χ2n) is 9.69. The molecule has 0 atom stereocenters. The van der Waals surface area contributed by atoms with Crippen molar-refractivity contribution in [2.45, 2.75) is 48.8 Å². The molecule has 4 bridgehead atoms. The summed E-state index contributed by atoms with van der Waals surface area (Å²) in [6.45, 7) is 0.975. The molecule has 1 aliphatic heterocycles. The van der Waals surface area contributed by atoms with Gasteiger partial charge in [-0.3, -0.25) is 4.72 Å². The first-order chi connectivity index (χ1) is 14.5. The van der Waals surface area contributed by atoms with Crippen LogP contribution >= 0.6 is 0 Å². The number of rotatable bonds is 4. The fourth-order valence-corrected chi connectivity index (χ4v) is 7.82. The molecule has 2 aromatic rings. The number of ether oxygens (including phenoxy) is 2. The van der Waals surface area contributed by atoms with Crippen molar-refractivity contribution in [3.05, 3.63) is 48.0 Å². The second-order valence-corrected chi connectivity index (χ2v) is 11.4. The predicted octanol–water partition coefficient (Wildman–Crippen LogP) is 4.73. The highest BCUT2D eigenvalue weighted by atomic mass is 32.2. The predicted molar refractivity (Wildman–Crippen MR) is 115 cm³/mol. The van der Waals surface area contributed by atoms with Crippen molar-refractivity contribution in [1.29, 1.82) is 0 Å². The molecule has 158 valence electrons. The average molecular weight is 426 g/mol. The zero-order valence-corrected chi connectivity index (χ0v) is 17.8. The molecule has 1 heterocycles. The Bertz CT molecular complexity index is 1040. The maximum Gasteiger partial charge on any atom is 0.261 e. The molecule has 6 heteroatoms. The molecule has 2 aromatic carbocycles. The fraction of sp³-hybridized carbons (Fsp3) is 0.500. The molecule has 30 heavy (non-hydrogen) atoms. The summed E-state index contributed by atoms with van der Waals surface area (Å²) in [6.07, 6.45) is 8.06. The van der Waals surface area contributed by atoms with E-state index in [9.17, 15) is 8.42 Å². The third kappa shape index (κ3) is 3.08. The molecule has 0 amide bonds. The Morgan fingerprint density at radius 3 is 2.03 bits per heavy atom. The van der Waals surface area contributed by atoms with Gasteiger partial charge in [-0.1, -0.05) is 12.1 Å². The largest absolute Gasteiger partial charge is 0.486 e. The van der Waals surface area contributed by atoms with Gasteiger partial charge < -0.3 is 9.47 Å². The average Bonchev–Trinajstić information content (AvgIpc) is 2.72. The fourth-order valence-electron chi connectivity index (χ4n) is 6.77. The van der Waals surface area contributed by atoms with Gasteiger partial charge in [-0.15, -0.1) is 0 Å². The van der Waals surface area contributed by atoms with Gasteiger partial charge in [0.1, 0.15) is 13.2 Å². The van der Waals surface area contributed by atoms with Crippen molar-refractivity contribution < 1.29 is 17.9 Å². The number of anilines is 1. The molecule has 0 unspecified atom stereocenters. The maximum absolute atomic E-state index is 12.9. The highest BCUT2D eigenvalue weighted by Gasteiger charge is 2.51. The van der Waals surface area contributed by atoms with E-state index in [4.69, 9.17) is 9.47 Å². The SMILES string of the molecule is O=S(=O)(Nc1ccc2c(c1)OCCO2)c1ccc(C23CC4CC(CC(C4)C2)C3)cc1. The van der Waals surface area contributed by atoms with Gasteiger partial charge in [0.15, 0.2) is 11.5 Å². The lowest BCUT2D eigenvalue weighted by atomic mass is 9.48. The molecule has 4 saturated carbocycles. The van der Waals surface area contributed by atoms with Crippen LogP contribution in [0, 0.1) is 17.8 Å². The smallest absolute Gasteiger partial charge is 0.261 e. The summed E-state index contributed by atoms with van der Waals surface area (Å²) in [7, 11) is -3.66. The molecule has 5 nitrogen and oxygen atoms in total. The second kappa shape index (κ2) is 6.64. The van der Waals surface area contributed by atoms with Crippen LogP contribution in [0.3, 0.4) is 0 Å². The first-order valence-corrected chi connectivity index (χ1v) is 12.5. The van der Waals surface area contributed by atoms with Gasteiger partial charge in [-0.2, -0.15) is 0 Å². The molecule has 5 aliphatic rings. The summed E-state index contributed by atoms with van der Waals surface area (Å²) in [5, 5.41) is 0. The molecular formula is C24H27NO4S. The molecule has 0 saturated heterocycles. The van der Waals surface area contributed by atoms with Gasteiger partial charge in [0.25, 0.3) is 10.0 Å². The van der Waals surface area contributed by atoms with E-state index in [0.717, 1.165) is 17.8 Å². The quantitative estimate of drug-likeness (QED) is 0.769. The standard InChI is InChI=1S/C24H27NO4S/c26-30(27,25-20-3-6-22-23(12-20)29-8-7-28-22)21-4-1-19(2-5-21)24-13-16-9-17(14-24)11-18(10-16)15-24/h1-6,12,16-18,25H,7-11,13-15H2. The minimum absolute atomic E-state index is 0.278. The van der Waals surface area contributed by atoms with E-state index in [-0.39, 0.29) is 5.41 Å². The Kier molecular flexibility index (Phi) is 4.11. The van der Waals surface area contributed by atoms with Gasteiger partial charge in [-0.25, -0.2) is 8.42 Å². The van der Waals surface area contributed by atoms with E-state index in [0.29, 0.717) is 35.3 Å². The zero-order valence-electron chi connectivity index (χ0n) is 17.0. The Labute approximate surface area is 177 Å². The van der Waals surface area contributed by atoms with Crippen LogP contribution in [0.15, 0.2) is 47.4 Å². The summed E-state index contributed by atoms with van der Waals surface area (Å²) in [4.78, 5) is 0.297. The van der Waals surface area contributed by atoms with Crippen LogP contribution in [0.2, 0.25) is 0 Å². The van der Waals surface area contributed by atoms with Crippen molar-refractivity contribution >= 4 is 15.7 Å². The van der Waals surface area contributed by atoms with E-state index in [1.165, 1.54) is 44.1 Å². The molecule has 0 radical (unpaired) electrons. The number of hydrogen-bond donors (Lipinski definition) is 1. The van der Waals surface area contributed by atoms with Crippen LogP contribution in [0.1, 0.15) is 44.1 Å². The van der Waals surface area contributed by atoms with Crippen LogP contribution in [0.4, 0.5) is 5.69 Å². The molecule has 4 aliphatic carbocycles. The van der Waals surface area contributed by atoms with Gasteiger partial charge in [-0.05, 0) is 91.5 Å². The summed E-state index contributed by atoms with van der Waals surface area (Å²) in [5.41, 5.74) is 2.09. The van der Waals surface area contributed by atoms with Crippen LogP contribution in [0.5, 0.6) is 11.5 Å². The van der Waals surface area contributed by atoms with Crippen molar-refractivity contribution in [3.63, 3.8) is 0 Å². The van der Waals surface area contributed by atoms with Crippen molar-refractivity contribution in [2.75, 3.05) is 17.9 Å². The number of fused-ring (bicyclic) bond motifs is 1. The van der Waals surface area contributed by atoms with E-state index < -0.39 is 10.0 Å². The minimum Gasteiger partial charge on any atom is -0.486 e. The zero-order chi connectivity index (χ0) is 20.3. The van der Waals surface area contributed by atoms with Crippen LogP contribution < -0.4 is 14.2 Å². The van der Waals surface area contributed by atoms with Gasteiger partial charge in [0, 0.05) is 6.07 Å². The number of sulfonamides is 1. The van der Waals surface area contributed by atoms with Crippen LogP contribution in [-0.4, -0.2) is 21.6 Å². The lowest BCUT2D eigenvalue weighted by Gasteiger charge is -2.57. The van der Waals surface area contributed by atoms with E-state index in [2.05, 4.69) is 16.9 Å². The molecular weight excluding hydrogens is 398 g/mol. The highest BCUT2D eigenvalue weighted by molar-refractivity contribution is 7.92. The van der Waals surface area contributed by atoms with E-state index in [1.807, 2.05) is 0 Å². The molecule has 1 N–H and O–H groups in total. The van der Waals surface area contributed by atoms with Crippen LogP contribution in [-0.2, 0) is 15.4 Å². The Morgan fingerprint density at radius 1 is 0.800 bits per heavy atom. The Hall–Kier alpha value is -2.21. The van der Waals surface area contributed by atoms with Crippen molar-refractivity contribution in [1.82, 2.24) is 0 Å². The lowest BCUT2D eigenvalue weighted by Crippen LogP contribution is -2.48.